The topological polar surface area (TPSA) is 40.5 Å². The van der Waals surface area contributed by atoms with Gasteiger partial charge in [0.2, 0.25) is 0 Å². The lowest BCUT2D eigenvalue weighted by Gasteiger charge is -2.27. The van der Waals surface area contributed by atoms with Crippen LogP contribution in [0.3, 0.4) is 0 Å². The summed E-state index contributed by atoms with van der Waals surface area (Å²) in [5.41, 5.74) is 2.29. The molecule has 0 aliphatic carbocycles. The summed E-state index contributed by atoms with van der Waals surface area (Å²) in [7, 11) is 0. The molecule has 2 heteroatoms. The summed E-state index contributed by atoms with van der Waals surface area (Å²) in [6.07, 6.45) is 0. The highest BCUT2D eigenvalue weighted by Crippen LogP contribution is 2.39. The van der Waals surface area contributed by atoms with Crippen LogP contribution in [0.4, 0.5) is 0 Å². The molecule has 0 aliphatic heterocycles. The summed E-state index contributed by atoms with van der Waals surface area (Å²) < 4.78 is 0. The van der Waals surface area contributed by atoms with Crippen LogP contribution in [0.1, 0.15) is 17.0 Å². The third-order valence-electron chi connectivity index (χ3n) is 5.26. The van der Waals surface area contributed by atoms with E-state index in [0.29, 0.717) is 0 Å². The van der Waals surface area contributed by atoms with Crippen molar-refractivity contribution in [1.29, 1.82) is 0 Å². The average molecular weight is 342 g/mol. The molecule has 0 bridgehead atoms. The van der Waals surface area contributed by atoms with Crippen molar-refractivity contribution in [1.82, 2.24) is 0 Å². The van der Waals surface area contributed by atoms with Gasteiger partial charge in [-0.1, -0.05) is 84.9 Å². The van der Waals surface area contributed by atoms with Gasteiger partial charge in [-0.05, 0) is 32.7 Å². The van der Waals surface area contributed by atoms with Crippen LogP contribution >= 0.6 is 0 Å². The fraction of sp³-hybridized carbons (Fsp3) is 0.167. The molecule has 0 atom stereocenters. The molecule has 0 amide bonds. The number of aliphatic hydroxyl groups is 2. The molecule has 26 heavy (non-hydrogen) atoms. The lowest BCUT2D eigenvalue weighted by atomic mass is 9.78. The Labute approximate surface area is 153 Å². The normalized spacial score (nSPS) is 11.7. The van der Waals surface area contributed by atoms with Crippen LogP contribution in [-0.2, 0) is 0 Å². The maximum atomic E-state index is 10.0. The van der Waals surface area contributed by atoms with Gasteiger partial charge in [-0.15, -0.1) is 0 Å². The predicted octanol–water partition coefficient (Wildman–Crippen LogP) is 4.73. The van der Waals surface area contributed by atoms with E-state index >= 15 is 0 Å². The van der Waals surface area contributed by atoms with E-state index < -0.39 is 0 Å². The van der Waals surface area contributed by atoms with Crippen molar-refractivity contribution in [3.8, 4) is 0 Å². The second-order valence-electron chi connectivity index (χ2n) is 6.74. The molecule has 0 spiro atoms. The number of aliphatic hydroxyl groups excluding tert-OH is 2. The molecule has 0 saturated carbocycles. The van der Waals surface area contributed by atoms with Crippen molar-refractivity contribution in [3.05, 3.63) is 96.1 Å². The molecular formula is C24H22O2. The van der Waals surface area contributed by atoms with Gasteiger partial charge in [0.25, 0.3) is 0 Å². The minimum Gasteiger partial charge on any atom is -0.396 e. The first-order valence-electron chi connectivity index (χ1n) is 9.00. The van der Waals surface area contributed by atoms with E-state index in [1.165, 1.54) is 21.5 Å². The van der Waals surface area contributed by atoms with E-state index in [-0.39, 0.29) is 25.0 Å². The van der Waals surface area contributed by atoms with E-state index in [9.17, 15) is 10.2 Å². The Morgan fingerprint density at radius 1 is 0.538 bits per heavy atom. The van der Waals surface area contributed by atoms with Crippen molar-refractivity contribution in [3.63, 3.8) is 0 Å². The van der Waals surface area contributed by atoms with E-state index in [1.807, 2.05) is 24.3 Å². The first-order valence-corrected chi connectivity index (χ1v) is 9.00. The van der Waals surface area contributed by atoms with Crippen LogP contribution in [0.25, 0.3) is 21.5 Å². The standard InChI is InChI=1S/C24H22O2/c25-15-19(16-26)24(22-13-5-9-17-7-1-3-11-20(17)22)23-14-6-10-18-8-2-4-12-21(18)23/h1-14,19,24-26H,15-16H2. The zero-order chi connectivity index (χ0) is 17.9. The van der Waals surface area contributed by atoms with E-state index in [1.54, 1.807) is 0 Å². The fourth-order valence-electron chi connectivity index (χ4n) is 3.99. The van der Waals surface area contributed by atoms with Gasteiger partial charge in [0.15, 0.2) is 0 Å². The van der Waals surface area contributed by atoms with Crippen molar-refractivity contribution in [2.45, 2.75) is 5.92 Å². The van der Waals surface area contributed by atoms with E-state index in [0.717, 1.165) is 11.1 Å². The minimum absolute atomic E-state index is 0.0619. The first kappa shape index (κ1) is 16.8. The summed E-state index contributed by atoms with van der Waals surface area (Å²) in [4.78, 5) is 0. The van der Waals surface area contributed by atoms with Gasteiger partial charge in [0, 0.05) is 25.0 Å². The van der Waals surface area contributed by atoms with Crippen LogP contribution in [0.15, 0.2) is 84.9 Å². The third kappa shape index (κ3) is 2.88. The van der Waals surface area contributed by atoms with Gasteiger partial charge >= 0.3 is 0 Å². The van der Waals surface area contributed by atoms with Gasteiger partial charge in [-0.2, -0.15) is 0 Å². The Morgan fingerprint density at radius 3 is 1.42 bits per heavy atom. The molecule has 0 saturated heterocycles. The SMILES string of the molecule is OCC(CO)C(c1cccc2ccccc12)c1cccc2ccccc12. The Bertz CT molecular complexity index is 944. The summed E-state index contributed by atoms with van der Waals surface area (Å²) in [5, 5.41) is 24.7. The highest BCUT2D eigenvalue weighted by atomic mass is 16.3. The van der Waals surface area contributed by atoms with Gasteiger partial charge in [-0.3, -0.25) is 0 Å². The van der Waals surface area contributed by atoms with Gasteiger partial charge in [-0.25, -0.2) is 0 Å². The Balaban J connectivity index is 2.01. The quantitative estimate of drug-likeness (QED) is 0.551. The maximum absolute atomic E-state index is 10.0. The zero-order valence-electron chi connectivity index (χ0n) is 14.5. The summed E-state index contributed by atoms with van der Waals surface area (Å²) >= 11 is 0. The molecule has 0 aliphatic rings. The highest BCUT2D eigenvalue weighted by Gasteiger charge is 2.26. The number of rotatable bonds is 5. The lowest BCUT2D eigenvalue weighted by Crippen LogP contribution is -2.22. The largest absolute Gasteiger partial charge is 0.396 e. The number of hydrogen-bond acceptors (Lipinski definition) is 2. The van der Waals surface area contributed by atoms with Gasteiger partial charge in [0.1, 0.15) is 0 Å². The van der Waals surface area contributed by atoms with Crippen LogP contribution in [-0.4, -0.2) is 23.4 Å². The Hall–Kier alpha value is -2.68. The Kier molecular flexibility index (Phi) is 4.70. The van der Waals surface area contributed by atoms with E-state index in [2.05, 4.69) is 60.7 Å². The minimum atomic E-state index is -0.258. The van der Waals surface area contributed by atoms with Gasteiger partial charge in [0.05, 0.1) is 0 Å². The maximum Gasteiger partial charge on any atom is 0.0490 e. The summed E-state index contributed by atoms with van der Waals surface area (Å²) in [6, 6.07) is 29.2. The second kappa shape index (κ2) is 7.28. The molecule has 4 aromatic carbocycles. The smallest absolute Gasteiger partial charge is 0.0490 e. The van der Waals surface area contributed by atoms with E-state index in [4.69, 9.17) is 0 Å². The molecule has 2 nitrogen and oxygen atoms in total. The third-order valence-corrected chi connectivity index (χ3v) is 5.26. The second-order valence-corrected chi connectivity index (χ2v) is 6.74. The van der Waals surface area contributed by atoms with Crippen molar-refractivity contribution < 1.29 is 10.2 Å². The summed E-state index contributed by atoms with van der Waals surface area (Å²) in [6.45, 7) is -0.124. The van der Waals surface area contributed by atoms with Crippen molar-refractivity contribution >= 4 is 21.5 Å². The summed E-state index contributed by atoms with van der Waals surface area (Å²) in [5.74, 6) is -0.339. The zero-order valence-corrected chi connectivity index (χ0v) is 14.5. The number of benzene rings is 4. The monoisotopic (exact) mass is 342 g/mol. The molecule has 0 radical (unpaired) electrons. The van der Waals surface area contributed by atoms with Crippen LogP contribution in [0.5, 0.6) is 0 Å². The molecular weight excluding hydrogens is 320 g/mol. The molecule has 0 fully saturated rings. The predicted molar refractivity (Wildman–Crippen MR) is 107 cm³/mol. The first-order chi connectivity index (χ1) is 12.8. The van der Waals surface area contributed by atoms with Gasteiger partial charge < -0.3 is 10.2 Å². The van der Waals surface area contributed by atoms with Crippen LogP contribution in [0.2, 0.25) is 0 Å². The molecule has 4 aromatic rings. The molecule has 4 rings (SSSR count). The number of fused-ring (bicyclic) bond motifs is 2. The molecule has 0 heterocycles. The number of hydrogen-bond donors (Lipinski definition) is 2. The molecule has 0 unspecified atom stereocenters. The molecule has 0 aromatic heterocycles. The Morgan fingerprint density at radius 2 is 0.962 bits per heavy atom. The van der Waals surface area contributed by atoms with Crippen molar-refractivity contribution in [2.24, 2.45) is 5.92 Å². The van der Waals surface area contributed by atoms with Crippen LogP contribution < -0.4 is 0 Å². The van der Waals surface area contributed by atoms with Crippen molar-refractivity contribution in [2.75, 3.05) is 13.2 Å². The highest BCUT2D eigenvalue weighted by molar-refractivity contribution is 5.90. The lowest BCUT2D eigenvalue weighted by molar-refractivity contribution is 0.139. The molecule has 130 valence electrons. The van der Waals surface area contributed by atoms with Crippen LogP contribution in [0, 0.1) is 5.92 Å². The molecule has 2 N–H and O–H groups in total. The average Bonchev–Trinajstić information content (AvgIpc) is 2.71. The fourth-order valence-corrected chi connectivity index (χ4v) is 3.99.